The van der Waals surface area contributed by atoms with E-state index in [1.807, 2.05) is 0 Å². The summed E-state index contributed by atoms with van der Waals surface area (Å²) in [6.07, 6.45) is -1.70. The van der Waals surface area contributed by atoms with Crippen molar-refractivity contribution in [3.63, 3.8) is 0 Å². The van der Waals surface area contributed by atoms with Gasteiger partial charge >= 0.3 is 5.97 Å². The van der Waals surface area contributed by atoms with Crippen molar-refractivity contribution < 1.29 is 24.1 Å². The zero-order valence-electron chi connectivity index (χ0n) is 9.66. The number of carboxylic acid groups (broad SMARTS) is 1. The van der Waals surface area contributed by atoms with Gasteiger partial charge < -0.3 is 14.7 Å². The Morgan fingerprint density at radius 3 is 2.53 bits per heavy atom. The van der Waals surface area contributed by atoms with E-state index in [2.05, 4.69) is 4.74 Å². The monoisotopic (exact) mass is 258 g/mol. The van der Waals surface area contributed by atoms with Crippen LogP contribution in [0.5, 0.6) is 0 Å². The molecule has 0 bridgehead atoms. The quantitative estimate of drug-likeness (QED) is 0.769. The number of hydrogen-bond acceptors (Lipinski definition) is 3. The summed E-state index contributed by atoms with van der Waals surface area (Å²) in [5.74, 6) is -1.24. The third-order valence-corrected chi connectivity index (χ3v) is 4.55. The predicted octanol–water partition coefficient (Wildman–Crippen LogP) is 0.990. The molecule has 0 radical (unpaired) electrons. The van der Waals surface area contributed by atoms with Gasteiger partial charge in [-0.25, -0.2) is 4.79 Å². The summed E-state index contributed by atoms with van der Waals surface area (Å²) in [7, 11) is -2.51. The van der Waals surface area contributed by atoms with Crippen molar-refractivity contribution in [2.75, 3.05) is 13.3 Å². The minimum atomic E-state index is -3.71. The minimum Gasteiger partial charge on any atom is -0.479 e. The molecular formula is C11H15O5P. The van der Waals surface area contributed by atoms with Gasteiger partial charge in [0.15, 0.2) is 6.10 Å². The molecule has 1 rings (SSSR count). The lowest BCUT2D eigenvalue weighted by atomic mass is 10.2. The van der Waals surface area contributed by atoms with E-state index >= 15 is 0 Å². The van der Waals surface area contributed by atoms with Gasteiger partial charge in [0, 0.05) is 12.4 Å². The molecule has 0 aliphatic rings. The molecule has 0 heterocycles. The van der Waals surface area contributed by atoms with Gasteiger partial charge in [0.2, 0.25) is 7.37 Å². The van der Waals surface area contributed by atoms with Crippen molar-refractivity contribution in [2.45, 2.75) is 13.0 Å². The fourth-order valence-electron chi connectivity index (χ4n) is 1.53. The largest absolute Gasteiger partial charge is 0.479 e. The van der Waals surface area contributed by atoms with Gasteiger partial charge in [-0.3, -0.25) is 4.57 Å². The smallest absolute Gasteiger partial charge is 0.333 e. The number of methoxy groups -OCH3 is 1. The number of carbonyl (C=O) groups is 1. The molecule has 5 nitrogen and oxygen atoms in total. The Bertz CT molecular complexity index is 457. The molecule has 0 aromatic heterocycles. The number of aryl methyl sites for hydroxylation is 1. The van der Waals surface area contributed by atoms with Gasteiger partial charge in [-0.05, 0) is 18.6 Å². The maximum atomic E-state index is 12.1. The third kappa shape index (κ3) is 3.40. The van der Waals surface area contributed by atoms with Crippen LogP contribution in [0.4, 0.5) is 0 Å². The molecule has 1 aromatic rings. The molecule has 17 heavy (non-hydrogen) atoms. The second-order valence-electron chi connectivity index (χ2n) is 3.73. The normalized spacial score (nSPS) is 16.2. The maximum absolute atomic E-state index is 12.1. The molecule has 0 fully saturated rings. The lowest BCUT2D eigenvalue weighted by molar-refractivity contribution is -0.147. The van der Waals surface area contributed by atoms with E-state index in [0.717, 1.165) is 0 Å². The molecule has 6 heteroatoms. The summed E-state index contributed by atoms with van der Waals surface area (Å²) >= 11 is 0. The molecule has 0 saturated carbocycles. The highest BCUT2D eigenvalue weighted by Crippen LogP contribution is 2.41. The number of hydrogen-bond donors (Lipinski definition) is 2. The minimum absolute atomic E-state index is 0.281. The zero-order valence-corrected chi connectivity index (χ0v) is 10.6. The van der Waals surface area contributed by atoms with Gasteiger partial charge in [0.05, 0.1) is 6.16 Å². The molecule has 0 amide bonds. The van der Waals surface area contributed by atoms with Crippen LogP contribution in [0.15, 0.2) is 24.3 Å². The Kier molecular flexibility index (Phi) is 4.46. The molecule has 2 N–H and O–H groups in total. The van der Waals surface area contributed by atoms with Crippen LogP contribution >= 0.6 is 7.37 Å². The van der Waals surface area contributed by atoms with E-state index in [4.69, 9.17) is 5.11 Å². The number of aliphatic carboxylic acids is 1. The highest BCUT2D eigenvalue weighted by Gasteiger charge is 2.31. The Morgan fingerprint density at radius 2 is 2.06 bits per heavy atom. The van der Waals surface area contributed by atoms with Gasteiger partial charge in [0.1, 0.15) is 0 Å². The first-order chi connectivity index (χ1) is 7.88. The lowest BCUT2D eigenvalue weighted by Gasteiger charge is -2.17. The molecule has 2 atom stereocenters. The molecule has 94 valence electrons. The highest BCUT2D eigenvalue weighted by molar-refractivity contribution is 7.66. The standard InChI is InChI=1S/C11H15O5P/c1-8-5-3-4-6-10(8)17(14,15)7-9(16-2)11(12)13/h3-6,9H,7H2,1-2H3,(H,12,13)(H,14,15). The Hall–Kier alpha value is -1.16. The SMILES string of the molecule is COC(CP(=O)(O)c1ccccc1C)C(=O)O. The van der Waals surface area contributed by atoms with Gasteiger partial charge in [-0.1, -0.05) is 18.2 Å². The average Bonchev–Trinajstić information content (AvgIpc) is 2.26. The first-order valence-electron chi connectivity index (χ1n) is 5.02. The van der Waals surface area contributed by atoms with Crippen molar-refractivity contribution in [3.05, 3.63) is 29.8 Å². The summed E-state index contributed by atoms with van der Waals surface area (Å²) < 4.78 is 16.8. The van der Waals surface area contributed by atoms with E-state index in [9.17, 15) is 14.3 Å². The van der Waals surface area contributed by atoms with Crippen LogP contribution < -0.4 is 5.30 Å². The molecule has 0 aliphatic heterocycles. The van der Waals surface area contributed by atoms with Crippen LogP contribution in [-0.4, -0.2) is 35.3 Å². The first-order valence-corrected chi connectivity index (χ1v) is 6.86. The molecule has 0 spiro atoms. The molecule has 0 saturated heterocycles. The highest BCUT2D eigenvalue weighted by atomic mass is 31.2. The van der Waals surface area contributed by atoms with E-state index in [1.54, 1.807) is 25.1 Å². The summed E-state index contributed by atoms with van der Waals surface area (Å²) in [5, 5.41) is 9.08. The van der Waals surface area contributed by atoms with E-state index in [0.29, 0.717) is 5.56 Å². The van der Waals surface area contributed by atoms with E-state index < -0.39 is 25.6 Å². The van der Waals surface area contributed by atoms with Crippen LogP contribution in [0, 0.1) is 6.92 Å². The Morgan fingerprint density at radius 1 is 1.47 bits per heavy atom. The summed E-state index contributed by atoms with van der Waals surface area (Å²) in [6, 6.07) is 6.64. The van der Waals surface area contributed by atoms with Crippen LogP contribution in [0.1, 0.15) is 5.56 Å². The molecule has 2 unspecified atom stereocenters. The van der Waals surface area contributed by atoms with Crippen LogP contribution in [0.2, 0.25) is 0 Å². The van der Waals surface area contributed by atoms with Crippen molar-refractivity contribution >= 4 is 18.6 Å². The fourth-order valence-corrected chi connectivity index (χ4v) is 3.43. The van der Waals surface area contributed by atoms with E-state index in [-0.39, 0.29) is 5.30 Å². The molecule has 0 aliphatic carbocycles. The number of benzene rings is 1. The third-order valence-electron chi connectivity index (χ3n) is 2.47. The molecule has 1 aromatic carbocycles. The molecular weight excluding hydrogens is 243 g/mol. The second-order valence-corrected chi connectivity index (χ2v) is 5.98. The zero-order chi connectivity index (χ0) is 13.1. The summed E-state index contributed by atoms with van der Waals surface area (Å²) in [5.41, 5.74) is 0.665. The summed E-state index contributed by atoms with van der Waals surface area (Å²) in [6.45, 7) is 1.71. The topological polar surface area (TPSA) is 83.8 Å². The maximum Gasteiger partial charge on any atom is 0.333 e. The first kappa shape index (κ1) is 13.9. The predicted molar refractivity (Wildman–Crippen MR) is 63.9 cm³/mol. The van der Waals surface area contributed by atoms with Crippen molar-refractivity contribution in [2.24, 2.45) is 0 Å². The Labute approximate surface area is 99.5 Å². The number of ether oxygens (including phenoxy) is 1. The second kappa shape index (κ2) is 5.45. The number of rotatable bonds is 5. The Balaban J connectivity index is 3.00. The lowest BCUT2D eigenvalue weighted by Crippen LogP contribution is -2.29. The van der Waals surface area contributed by atoms with Crippen molar-refractivity contribution in [1.82, 2.24) is 0 Å². The number of carboxylic acids is 1. The average molecular weight is 258 g/mol. The van der Waals surface area contributed by atoms with Gasteiger partial charge in [-0.15, -0.1) is 0 Å². The van der Waals surface area contributed by atoms with Gasteiger partial charge in [-0.2, -0.15) is 0 Å². The van der Waals surface area contributed by atoms with Crippen LogP contribution in [0.3, 0.4) is 0 Å². The fraction of sp³-hybridized carbons (Fsp3) is 0.364. The van der Waals surface area contributed by atoms with Crippen molar-refractivity contribution in [3.8, 4) is 0 Å². The van der Waals surface area contributed by atoms with Crippen molar-refractivity contribution in [1.29, 1.82) is 0 Å². The van der Waals surface area contributed by atoms with Crippen LogP contribution in [0.25, 0.3) is 0 Å². The van der Waals surface area contributed by atoms with Gasteiger partial charge in [0.25, 0.3) is 0 Å². The summed E-state index contributed by atoms with van der Waals surface area (Å²) in [4.78, 5) is 20.7. The van der Waals surface area contributed by atoms with Crippen LogP contribution in [-0.2, 0) is 14.1 Å². The van der Waals surface area contributed by atoms with E-state index in [1.165, 1.54) is 13.2 Å².